The van der Waals surface area contributed by atoms with Crippen molar-refractivity contribution in [2.45, 2.75) is 37.8 Å². The minimum absolute atomic E-state index is 0.0844. The summed E-state index contributed by atoms with van der Waals surface area (Å²) >= 11 is 0. The quantitative estimate of drug-likeness (QED) is 0.425. The number of carbonyl (C=O) groups excluding carboxylic acids is 1. The van der Waals surface area contributed by atoms with Crippen molar-refractivity contribution < 1.29 is 9.18 Å². The van der Waals surface area contributed by atoms with E-state index >= 15 is 0 Å². The molecule has 38 heavy (non-hydrogen) atoms. The second-order valence-electron chi connectivity index (χ2n) is 9.86. The highest BCUT2D eigenvalue weighted by atomic mass is 19.1. The van der Waals surface area contributed by atoms with Gasteiger partial charge in [0.1, 0.15) is 11.5 Å². The Morgan fingerprint density at radius 1 is 1.00 bits per heavy atom. The molecule has 1 aliphatic rings. The predicted molar refractivity (Wildman–Crippen MR) is 143 cm³/mol. The van der Waals surface area contributed by atoms with E-state index in [1.807, 2.05) is 36.4 Å². The molecule has 1 aliphatic heterocycles. The molecule has 0 saturated carbocycles. The van der Waals surface area contributed by atoms with Gasteiger partial charge in [0.2, 0.25) is 5.91 Å². The Labute approximate surface area is 219 Å². The summed E-state index contributed by atoms with van der Waals surface area (Å²) in [6, 6.07) is 18.5. The molecule has 1 amide bonds. The van der Waals surface area contributed by atoms with E-state index in [0.717, 1.165) is 21.4 Å². The number of halogens is 1. The summed E-state index contributed by atoms with van der Waals surface area (Å²) in [5.41, 5.74) is 8.33. The van der Waals surface area contributed by atoms with Crippen molar-refractivity contribution in [1.29, 1.82) is 0 Å². The molecule has 0 spiro atoms. The van der Waals surface area contributed by atoms with Crippen LogP contribution in [0, 0.1) is 5.82 Å². The number of likely N-dealkylation sites (tertiary alicyclic amines) is 1. The Morgan fingerprint density at radius 2 is 1.68 bits per heavy atom. The highest BCUT2D eigenvalue weighted by molar-refractivity contribution is 5.82. The van der Waals surface area contributed by atoms with Crippen LogP contribution in [0.25, 0.3) is 11.0 Å². The van der Waals surface area contributed by atoms with Gasteiger partial charge in [0, 0.05) is 31.7 Å². The first-order chi connectivity index (χ1) is 18.3. The Kier molecular flexibility index (Phi) is 7.20. The Bertz CT molecular complexity index is 1570. The SMILES string of the molecule is Cn1c(=O)c2ccc(C3CCN(C(=O)[C@@H](N)Cc4ccc(F)cc4)CC3)nc2n(Cc2ccccc2)c1=O. The zero-order valence-corrected chi connectivity index (χ0v) is 21.2. The summed E-state index contributed by atoms with van der Waals surface area (Å²) in [7, 11) is 1.48. The maximum atomic E-state index is 13.2. The largest absolute Gasteiger partial charge is 0.341 e. The standard InChI is InChI=1S/C29H30FN5O3/c1-33-27(36)23-11-12-25(32-26(23)35(29(33)38)18-20-5-3-2-4-6-20)21-13-15-34(16-14-21)28(37)24(31)17-19-7-9-22(30)10-8-19/h2-12,21,24H,13-18,31H2,1H3/t24-/m0/s1. The molecule has 0 radical (unpaired) electrons. The van der Waals surface area contributed by atoms with Gasteiger partial charge in [0.15, 0.2) is 0 Å². The fraction of sp³-hybridized carbons (Fsp3) is 0.310. The molecule has 1 saturated heterocycles. The molecule has 0 aliphatic carbocycles. The number of nitrogens with zero attached hydrogens (tertiary/aromatic N) is 4. The highest BCUT2D eigenvalue weighted by Gasteiger charge is 2.28. The minimum atomic E-state index is -0.695. The van der Waals surface area contributed by atoms with E-state index in [9.17, 15) is 18.8 Å². The molecule has 0 bridgehead atoms. The third kappa shape index (κ3) is 5.15. The number of rotatable bonds is 6. The van der Waals surface area contributed by atoms with Crippen LogP contribution in [0.4, 0.5) is 4.39 Å². The van der Waals surface area contributed by atoms with Crippen LogP contribution < -0.4 is 17.0 Å². The van der Waals surface area contributed by atoms with Crippen LogP contribution in [-0.4, -0.2) is 44.1 Å². The third-order valence-electron chi connectivity index (χ3n) is 7.30. The number of carbonyl (C=O) groups is 1. The van der Waals surface area contributed by atoms with Gasteiger partial charge in [-0.25, -0.2) is 14.2 Å². The summed E-state index contributed by atoms with van der Waals surface area (Å²) in [5, 5.41) is 0.395. The molecule has 2 aromatic carbocycles. The summed E-state index contributed by atoms with van der Waals surface area (Å²) in [5.74, 6) is -0.365. The molecular weight excluding hydrogens is 485 g/mol. The molecule has 5 rings (SSSR count). The monoisotopic (exact) mass is 515 g/mol. The van der Waals surface area contributed by atoms with E-state index in [2.05, 4.69) is 0 Å². The molecule has 2 aromatic heterocycles. The van der Waals surface area contributed by atoms with E-state index < -0.39 is 11.7 Å². The van der Waals surface area contributed by atoms with Gasteiger partial charge >= 0.3 is 5.69 Å². The van der Waals surface area contributed by atoms with Crippen molar-refractivity contribution >= 4 is 16.9 Å². The highest BCUT2D eigenvalue weighted by Crippen LogP contribution is 2.28. The zero-order chi connectivity index (χ0) is 26.8. The van der Waals surface area contributed by atoms with Gasteiger partial charge in [0.05, 0.1) is 18.0 Å². The predicted octanol–water partition coefficient (Wildman–Crippen LogP) is 2.56. The van der Waals surface area contributed by atoms with Crippen molar-refractivity contribution in [3.8, 4) is 0 Å². The molecular formula is C29H30FN5O3. The minimum Gasteiger partial charge on any atom is -0.341 e. The van der Waals surface area contributed by atoms with Gasteiger partial charge in [-0.15, -0.1) is 0 Å². The number of nitrogens with two attached hydrogens (primary N) is 1. The Balaban J connectivity index is 1.34. The summed E-state index contributed by atoms with van der Waals surface area (Å²) in [4.78, 5) is 45.4. The first kappa shape index (κ1) is 25.5. The van der Waals surface area contributed by atoms with E-state index in [-0.39, 0.29) is 23.2 Å². The summed E-state index contributed by atoms with van der Waals surface area (Å²) in [6.45, 7) is 1.38. The van der Waals surface area contributed by atoms with Crippen molar-refractivity contribution in [3.63, 3.8) is 0 Å². The lowest BCUT2D eigenvalue weighted by Crippen LogP contribution is -2.47. The molecule has 2 N–H and O–H groups in total. The van der Waals surface area contributed by atoms with Crippen molar-refractivity contribution in [2.75, 3.05) is 13.1 Å². The first-order valence-electron chi connectivity index (χ1n) is 12.7. The van der Waals surface area contributed by atoms with Gasteiger partial charge in [0.25, 0.3) is 5.56 Å². The van der Waals surface area contributed by atoms with E-state index in [4.69, 9.17) is 10.7 Å². The first-order valence-corrected chi connectivity index (χ1v) is 12.7. The molecule has 196 valence electrons. The molecule has 1 atom stereocenters. The van der Waals surface area contributed by atoms with Crippen LogP contribution >= 0.6 is 0 Å². The number of benzene rings is 2. The third-order valence-corrected chi connectivity index (χ3v) is 7.30. The van der Waals surface area contributed by atoms with Crippen LogP contribution in [-0.2, 0) is 24.8 Å². The van der Waals surface area contributed by atoms with Crippen molar-refractivity contribution in [3.05, 3.63) is 110 Å². The number of piperidine rings is 1. The second kappa shape index (κ2) is 10.7. The number of amides is 1. The topological polar surface area (TPSA) is 103 Å². The second-order valence-corrected chi connectivity index (χ2v) is 9.86. The fourth-order valence-corrected chi connectivity index (χ4v) is 5.10. The van der Waals surface area contributed by atoms with Crippen LogP contribution in [0.3, 0.4) is 0 Å². The molecule has 1 fully saturated rings. The lowest BCUT2D eigenvalue weighted by Gasteiger charge is -2.33. The average Bonchev–Trinajstić information content (AvgIpc) is 2.95. The maximum Gasteiger partial charge on any atom is 0.332 e. The summed E-state index contributed by atoms with van der Waals surface area (Å²) in [6.07, 6.45) is 1.74. The van der Waals surface area contributed by atoms with Gasteiger partial charge in [-0.3, -0.25) is 18.7 Å². The van der Waals surface area contributed by atoms with E-state index in [1.54, 1.807) is 27.7 Å². The maximum absolute atomic E-state index is 13.2. The van der Waals surface area contributed by atoms with Gasteiger partial charge in [-0.05, 0) is 54.7 Å². The van der Waals surface area contributed by atoms with Crippen LogP contribution in [0.15, 0.2) is 76.3 Å². The molecule has 3 heterocycles. The van der Waals surface area contributed by atoms with Gasteiger partial charge in [-0.1, -0.05) is 42.5 Å². The molecule has 8 nitrogen and oxygen atoms in total. The molecule has 0 unspecified atom stereocenters. The zero-order valence-electron chi connectivity index (χ0n) is 21.2. The van der Waals surface area contributed by atoms with Crippen LogP contribution in [0.2, 0.25) is 0 Å². The molecule has 4 aromatic rings. The van der Waals surface area contributed by atoms with Crippen molar-refractivity contribution in [1.82, 2.24) is 19.0 Å². The van der Waals surface area contributed by atoms with Crippen LogP contribution in [0.1, 0.15) is 35.6 Å². The van der Waals surface area contributed by atoms with E-state index in [1.165, 1.54) is 19.2 Å². The van der Waals surface area contributed by atoms with Crippen molar-refractivity contribution in [2.24, 2.45) is 12.8 Å². The lowest BCUT2D eigenvalue weighted by molar-refractivity contribution is -0.133. The number of pyridine rings is 1. The number of aromatic nitrogens is 3. The number of fused-ring (bicyclic) bond motifs is 1. The molecule has 9 heteroatoms. The Hall–Kier alpha value is -4.11. The lowest BCUT2D eigenvalue weighted by atomic mass is 9.92. The fourth-order valence-electron chi connectivity index (χ4n) is 5.10. The smallest absolute Gasteiger partial charge is 0.332 e. The Morgan fingerprint density at radius 3 is 2.37 bits per heavy atom. The van der Waals surface area contributed by atoms with E-state index in [0.29, 0.717) is 49.9 Å². The normalized spacial score (nSPS) is 15.1. The van der Waals surface area contributed by atoms with Crippen LogP contribution in [0.5, 0.6) is 0 Å². The average molecular weight is 516 g/mol. The summed E-state index contributed by atoms with van der Waals surface area (Å²) < 4.78 is 15.8. The number of hydrogen-bond acceptors (Lipinski definition) is 5. The number of hydrogen-bond donors (Lipinski definition) is 1. The van der Waals surface area contributed by atoms with Gasteiger partial charge < -0.3 is 10.6 Å². The van der Waals surface area contributed by atoms with Gasteiger partial charge in [-0.2, -0.15) is 0 Å².